The molecule has 104 valence electrons. The SMILES string of the molecule is CCNc1cnc(C(=O)N2CCc3sccc3C2)cn1. The zero-order chi connectivity index (χ0) is 13.9. The van der Waals surface area contributed by atoms with Gasteiger partial charge in [-0.3, -0.25) is 4.79 Å². The van der Waals surface area contributed by atoms with Gasteiger partial charge in [0.2, 0.25) is 0 Å². The summed E-state index contributed by atoms with van der Waals surface area (Å²) < 4.78 is 0. The molecule has 6 heteroatoms. The van der Waals surface area contributed by atoms with E-state index in [-0.39, 0.29) is 5.91 Å². The van der Waals surface area contributed by atoms with Crippen molar-refractivity contribution in [2.24, 2.45) is 0 Å². The number of carbonyl (C=O) groups is 1. The van der Waals surface area contributed by atoms with Crippen LogP contribution in [0.4, 0.5) is 5.82 Å². The van der Waals surface area contributed by atoms with Crippen molar-refractivity contribution < 1.29 is 4.79 Å². The lowest BCUT2D eigenvalue weighted by Gasteiger charge is -2.26. The molecule has 0 aromatic carbocycles. The first-order valence-corrected chi connectivity index (χ1v) is 7.56. The van der Waals surface area contributed by atoms with Crippen molar-refractivity contribution in [1.29, 1.82) is 0 Å². The van der Waals surface area contributed by atoms with E-state index in [9.17, 15) is 4.79 Å². The number of thiophene rings is 1. The molecule has 3 rings (SSSR count). The second-order valence-electron chi connectivity index (χ2n) is 4.66. The average molecular weight is 288 g/mol. The third-order valence-electron chi connectivity index (χ3n) is 3.32. The number of nitrogens with one attached hydrogen (secondary N) is 1. The molecule has 0 spiro atoms. The number of anilines is 1. The lowest BCUT2D eigenvalue weighted by molar-refractivity contribution is 0.0729. The van der Waals surface area contributed by atoms with E-state index in [0.29, 0.717) is 18.1 Å². The number of aromatic nitrogens is 2. The fraction of sp³-hybridized carbons (Fsp3) is 0.357. The number of nitrogens with zero attached hydrogens (tertiary/aromatic N) is 3. The molecule has 5 nitrogen and oxygen atoms in total. The second-order valence-corrected chi connectivity index (χ2v) is 5.66. The summed E-state index contributed by atoms with van der Waals surface area (Å²) in [6, 6.07) is 2.10. The van der Waals surface area contributed by atoms with E-state index >= 15 is 0 Å². The highest BCUT2D eigenvalue weighted by atomic mass is 32.1. The van der Waals surface area contributed by atoms with Crippen LogP contribution in [0.15, 0.2) is 23.8 Å². The Morgan fingerprint density at radius 3 is 3.10 bits per heavy atom. The van der Waals surface area contributed by atoms with Gasteiger partial charge in [0.05, 0.1) is 12.4 Å². The fourth-order valence-corrected chi connectivity index (χ4v) is 3.18. The van der Waals surface area contributed by atoms with E-state index in [1.54, 1.807) is 23.7 Å². The van der Waals surface area contributed by atoms with Gasteiger partial charge in [0.1, 0.15) is 11.5 Å². The number of hydrogen-bond donors (Lipinski definition) is 1. The number of hydrogen-bond acceptors (Lipinski definition) is 5. The molecular weight excluding hydrogens is 272 g/mol. The van der Waals surface area contributed by atoms with Gasteiger partial charge < -0.3 is 10.2 Å². The number of fused-ring (bicyclic) bond motifs is 1. The summed E-state index contributed by atoms with van der Waals surface area (Å²) in [7, 11) is 0. The van der Waals surface area contributed by atoms with Crippen LogP contribution in [0.3, 0.4) is 0 Å². The highest BCUT2D eigenvalue weighted by Gasteiger charge is 2.23. The highest BCUT2D eigenvalue weighted by Crippen LogP contribution is 2.24. The Morgan fingerprint density at radius 2 is 2.35 bits per heavy atom. The first kappa shape index (κ1) is 13.1. The summed E-state index contributed by atoms with van der Waals surface area (Å²) in [5.74, 6) is 0.653. The molecule has 0 unspecified atom stereocenters. The summed E-state index contributed by atoms with van der Waals surface area (Å²) in [5.41, 5.74) is 1.66. The Hall–Kier alpha value is -1.95. The maximum absolute atomic E-state index is 12.4. The summed E-state index contributed by atoms with van der Waals surface area (Å²) in [4.78, 5) is 24.0. The molecule has 0 bridgehead atoms. The Kier molecular flexibility index (Phi) is 3.64. The second kappa shape index (κ2) is 5.58. The quantitative estimate of drug-likeness (QED) is 0.940. The van der Waals surface area contributed by atoms with E-state index in [4.69, 9.17) is 0 Å². The molecule has 2 aromatic heterocycles. The summed E-state index contributed by atoms with van der Waals surface area (Å²) in [6.07, 6.45) is 4.09. The topological polar surface area (TPSA) is 58.1 Å². The van der Waals surface area contributed by atoms with Gasteiger partial charge in [0, 0.05) is 24.5 Å². The van der Waals surface area contributed by atoms with Gasteiger partial charge in [0.25, 0.3) is 5.91 Å². The molecule has 0 atom stereocenters. The lowest BCUT2D eigenvalue weighted by atomic mass is 10.1. The van der Waals surface area contributed by atoms with Gasteiger partial charge in [0.15, 0.2) is 0 Å². The number of rotatable bonds is 3. The molecule has 3 heterocycles. The van der Waals surface area contributed by atoms with Crippen molar-refractivity contribution in [2.45, 2.75) is 19.9 Å². The largest absolute Gasteiger partial charge is 0.369 e. The number of carbonyl (C=O) groups excluding carboxylic acids is 1. The highest BCUT2D eigenvalue weighted by molar-refractivity contribution is 7.10. The van der Waals surface area contributed by atoms with Crippen molar-refractivity contribution >= 4 is 23.1 Å². The van der Waals surface area contributed by atoms with Crippen molar-refractivity contribution in [1.82, 2.24) is 14.9 Å². The normalized spacial score (nSPS) is 13.9. The van der Waals surface area contributed by atoms with Crippen LogP contribution < -0.4 is 5.32 Å². The van der Waals surface area contributed by atoms with E-state index in [2.05, 4.69) is 26.7 Å². The van der Waals surface area contributed by atoms with E-state index < -0.39 is 0 Å². The Bertz CT molecular complexity index is 608. The Labute approximate surface area is 121 Å². The molecule has 1 aliphatic heterocycles. The lowest BCUT2D eigenvalue weighted by Crippen LogP contribution is -2.35. The molecule has 0 fully saturated rings. The molecule has 0 aliphatic carbocycles. The van der Waals surface area contributed by atoms with Crippen molar-refractivity contribution in [2.75, 3.05) is 18.4 Å². The van der Waals surface area contributed by atoms with E-state index in [0.717, 1.165) is 19.5 Å². The van der Waals surface area contributed by atoms with Gasteiger partial charge in [-0.05, 0) is 30.4 Å². The maximum Gasteiger partial charge on any atom is 0.274 e. The first-order valence-electron chi connectivity index (χ1n) is 6.68. The van der Waals surface area contributed by atoms with E-state index in [1.165, 1.54) is 10.4 Å². The Morgan fingerprint density at radius 1 is 1.45 bits per heavy atom. The molecule has 1 N–H and O–H groups in total. The standard InChI is InChI=1S/C14H16N4OS/c1-2-15-13-8-16-11(7-17-13)14(19)18-5-3-12-10(9-18)4-6-20-12/h4,6-8H,2-3,5,9H2,1H3,(H,15,17). The predicted molar refractivity (Wildman–Crippen MR) is 79.0 cm³/mol. The minimum Gasteiger partial charge on any atom is -0.369 e. The van der Waals surface area contributed by atoms with Crippen molar-refractivity contribution in [3.63, 3.8) is 0 Å². The molecule has 2 aromatic rings. The Balaban J connectivity index is 1.73. The third-order valence-corrected chi connectivity index (χ3v) is 4.35. The summed E-state index contributed by atoms with van der Waals surface area (Å²) >= 11 is 1.77. The van der Waals surface area contributed by atoms with Gasteiger partial charge in [-0.25, -0.2) is 9.97 Å². The third kappa shape index (κ3) is 2.51. The summed E-state index contributed by atoms with van der Waals surface area (Å²) in [6.45, 7) is 4.21. The van der Waals surface area contributed by atoms with Gasteiger partial charge in [-0.15, -0.1) is 11.3 Å². The zero-order valence-corrected chi connectivity index (χ0v) is 12.1. The van der Waals surface area contributed by atoms with Gasteiger partial charge in [-0.1, -0.05) is 0 Å². The van der Waals surface area contributed by atoms with Crippen molar-refractivity contribution in [3.8, 4) is 0 Å². The van der Waals surface area contributed by atoms with Crippen molar-refractivity contribution in [3.05, 3.63) is 40.0 Å². The molecule has 1 aliphatic rings. The summed E-state index contributed by atoms with van der Waals surface area (Å²) in [5, 5.41) is 5.15. The van der Waals surface area contributed by atoms with Crippen LogP contribution in [0.1, 0.15) is 27.9 Å². The maximum atomic E-state index is 12.4. The molecular formula is C14H16N4OS. The van der Waals surface area contributed by atoms with Crippen LogP contribution in [0.2, 0.25) is 0 Å². The van der Waals surface area contributed by atoms with Crippen LogP contribution in [0.5, 0.6) is 0 Å². The van der Waals surface area contributed by atoms with Crippen LogP contribution >= 0.6 is 11.3 Å². The van der Waals surface area contributed by atoms with Gasteiger partial charge >= 0.3 is 0 Å². The first-order chi connectivity index (χ1) is 9.78. The molecule has 20 heavy (non-hydrogen) atoms. The number of amides is 1. The van der Waals surface area contributed by atoms with Gasteiger partial charge in [-0.2, -0.15) is 0 Å². The molecule has 0 radical (unpaired) electrons. The van der Waals surface area contributed by atoms with Crippen LogP contribution in [0, 0.1) is 0 Å². The molecule has 0 saturated heterocycles. The monoisotopic (exact) mass is 288 g/mol. The molecule has 1 amide bonds. The minimum atomic E-state index is -0.0441. The van der Waals surface area contributed by atoms with Crippen LogP contribution in [0.25, 0.3) is 0 Å². The smallest absolute Gasteiger partial charge is 0.274 e. The van der Waals surface area contributed by atoms with E-state index in [1.807, 2.05) is 11.8 Å². The predicted octanol–water partition coefficient (Wildman–Crippen LogP) is 2.17. The fourth-order valence-electron chi connectivity index (χ4n) is 2.29. The van der Waals surface area contributed by atoms with Crippen LogP contribution in [-0.4, -0.2) is 33.9 Å². The zero-order valence-electron chi connectivity index (χ0n) is 11.3. The average Bonchev–Trinajstić information content (AvgIpc) is 2.95. The van der Waals surface area contributed by atoms with Crippen LogP contribution in [-0.2, 0) is 13.0 Å². The minimum absolute atomic E-state index is 0.0441. The molecule has 0 saturated carbocycles.